The van der Waals surface area contributed by atoms with E-state index in [0.717, 1.165) is 25.7 Å². The highest BCUT2D eigenvalue weighted by Gasteiger charge is 2.51. The number of hydrogen-bond acceptors (Lipinski definition) is 4. The quantitative estimate of drug-likeness (QED) is 0.771. The van der Waals surface area contributed by atoms with Crippen LogP contribution in [-0.4, -0.2) is 53.2 Å². The fourth-order valence-electron chi connectivity index (χ4n) is 4.09. The summed E-state index contributed by atoms with van der Waals surface area (Å²) in [7, 11) is 0. The number of nitrogens with two attached hydrogens (primary N) is 1. The van der Waals surface area contributed by atoms with Crippen molar-refractivity contribution in [2.75, 3.05) is 13.1 Å². The Morgan fingerprint density at radius 3 is 2.70 bits per heavy atom. The molecule has 2 heterocycles. The molecule has 3 N–H and O–H groups in total. The Hall–Kier alpha value is -1.14. The van der Waals surface area contributed by atoms with Crippen LogP contribution in [0, 0.1) is 11.8 Å². The van der Waals surface area contributed by atoms with Gasteiger partial charge in [0.15, 0.2) is 0 Å². The standard InChI is InChI=1S/C14H22N2O4/c15-6-9-4-5-11(20-9)13(17)16-7-8-2-1-3-10(8)12(16)14(18)19/h8-12H,1-7,15H2,(H,18,19). The zero-order valence-electron chi connectivity index (χ0n) is 11.5. The normalized spacial score (nSPS) is 40.0. The fraction of sp³-hybridized carbons (Fsp3) is 0.857. The van der Waals surface area contributed by atoms with E-state index in [1.54, 1.807) is 4.90 Å². The van der Waals surface area contributed by atoms with E-state index in [9.17, 15) is 14.7 Å². The lowest BCUT2D eigenvalue weighted by molar-refractivity contribution is -0.154. The topological polar surface area (TPSA) is 92.9 Å². The molecule has 0 aromatic carbocycles. The summed E-state index contributed by atoms with van der Waals surface area (Å²) in [6.07, 6.45) is 3.91. The van der Waals surface area contributed by atoms with Gasteiger partial charge in [-0.25, -0.2) is 4.79 Å². The summed E-state index contributed by atoms with van der Waals surface area (Å²) in [6, 6.07) is -0.657. The van der Waals surface area contributed by atoms with Gasteiger partial charge in [-0.1, -0.05) is 6.42 Å². The number of carbonyl (C=O) groups is 2. The molecule has 6 nitrogen and oxygen atoms in total. The molecular weight excluding hydrogens is 260 g/mol. The number of rotatable bonds is 3. The van der Waals surface area contributed by atoms with Gasteiger partial charge in [-0.05, 0) is 37.5 Å². The summed E-state index contributed by atoms with van der Waals surface area (Å²) in [5.41, 5.74) is 5.56. The lowest BCUT2D eigenvalue weighted by Crippen LogP contribution is -2.47. The fourth-order valence-corrected chi connectivity index (χ4v) is 4.09. The smallest absolute Gasteiger partial charge is 0.326 e. The number of hydrogen-bond donors (Lipinski definition) is 2. The Morgan fingerprint density at radius 2 is 2.05 bits per heavy atom. The third-order valence-corrected chi connectivity index (χ3v) is 5.07. The van der Waals surface area contributed by atoms with Crippen molar-refractivity contribution < 1.29 is 19.4 Å². The van der Waals surface area contributed by atoms with Gasteiger partial charge in [-0.3, -0.25) is 4.79 Å². The van der Waals surface area contributed by atoms with E-state index in [1.165, 1.54) is 0 Å². The molecule has 1 saturated carbocycles. The lowest BCUT2D eigenvalue weighted by atomic mass is 9.94. The molecule has 0 aromatic rings. The Labute approximate surface area is 118 Å². The zero-order chi connectivity index (χ0) is 14.3. The van der Waals surface area contributed by atoms with E-state index in [4.69, 9.17) is 10.5 Å². The van der Waals surface area contributed by atoms with Crippen LogP contribution in [0.5, 0.6) is 0 Å². The first-order valence-corrected chi connectivity index (χ1v) is 7.50. The minimum atomic E-state index is -0.874. The third kappa shape index (κ3) is 2.20. The first-order valence-electron chi connectivity index (χ1n) is 7.50. The van der Waals surface area contributed by atoms with Crippen LogP contribution in [-0.2, 0) is 14.3 Å². The van der Waals surface area contributed by atoms with E-state index >= 15 is 0 Å². The summed E-state index contributed by atoms with van der Waals surface area (Å²) in [4.78, 5) is 25.6. The minimum absolute atomic E-state index is 0.0608. The number of likely N-dealkylation sites (tertiary alicyclic amines) is 1. The molecule has 2 aliphatic heterocycles. The molecule has 3 aliphatic rings. The predicted molar refractivity (Wildman–Crippen MR) is 70.9 cm³/mol. The van der Waals surface area contributed by atoms with E-state index < -0.39 is 18.1 Å². The van der Waals surface area contributed by atoms with Gasteiger partial charge in [0.25, 0.3) is 5.91 Å². The van der Waals surface area contributed by atoms with Gasteiger partial charge in [-0.2, -0.15) is 0 Å². The van der Waals surface area contributed by atoms with Gasteiger partial charge in [0.1, 0.15) is 12.1 Å². The molecule has 2 saturated heterocycles. The average Bonchev–Trinajstić information content (AvgIpc) is 3.11. The van der Waals surface area contributed by atoms with Crippen LogP contribution in [0.4, 0.5) is 0 Å². The molecule has 1 amide bonds. The van der Waals surface area contributed by atoms with Crippen molar-refractivity contribution >= 4 is 11.9 Å². The van der Waals surface area contributed by atoms with Gasteiger partial charge in [0, 0.05) is 13.1 Å². The van der Waals surface area contributed by atoms with E-state index in [0.29, 0.717) is 25.4 Å². The summed E-state index contributed by atoms with van der Waals surface area (Å²) >= 11 is 0. The maximum atomic E-state index is 12.6. The number of fused-ring (bicyclic) bond motifs is 1. The van der Waals surface area contributed by atoms with Crippen molar-refractivity contribution in [3.8, 4) is 0 Å². The Bertz CT molecular complexity index is 414. The van der Waals surface area contributed by atoms with Gasteiger partial charge in [-0.15, -0.1) is 0 Å². The van der Waals surface area contributed by atoms with Gasteiger partial charge >= 0.3 is 5.97 Å². The minimum Gasteiger partial charge on any atom is -0.480 e. The second-order valence-corrected chi connectivity index (χ2v) is 6.19. The number of carboxylic acid groups (broad SMARTS) is 1. The SMILES string of the molecule is NCC1CCC(C(=O)N2CC3CCCC3C2C(=O)O)O1. The van der Waals surface area contributed by atoms with Crippen LogP contribution in [0.15, 0.2) is 0 Å². The van der Waals surface area contributed by atoms with Crippen molar-refractivity contribution in [3.05, 3.63) is 0 Å². The van der Waals surface area contributed by atoms with Crippen LogP contribution in [0.25, 0.3) is 0 Å². The number of carbonyl (C=O) groups excluding carboxylic acids is 1. The molecule has 0 spiro atoms. The molecule has 0 radical (unpaired) electrons. The molecule has 0 aromatic heterocycles. The maximum Gasteiger partial charge on any atom is 0.326 e. The molecule has 3 fully saturated rings. The van der Waals surface area contributed by atoms with Crippen LogP contribution < -0.4 is 5.73 Å². The van der Waals surface area contributed by atoms with Crippen molar-refractivity contribution in [2.24, 2.45) is 17.6 Å². The Kier molecular flexibility index (Phi) is 3.69. The van der Waals surface area contributed by atoms with Crippen LogP contribution in [0.2, 0.25) is 0 Å². The number of carboxylic acids is 1. The van der Waals surface area contributed by atoms with Crippen molar-refractivity contribution in [3.63, 3.8) is 0 Å². The van der Waals surface area contributed by atoms with E-state index in [-0.39, 0.29) is 17.9 Å². The molecule has 6 heteroatoms. The number of nitrogens with zero attached hydrogens (tertiary/aromatic N) is 1. The first kappa shape index (κ1) is 13.8. The first-order chi connectivity index (χ1) is 9.61. The highest BCUT2D eigenvalue weighted by Crippen LogP contribution is 2.43. The van der Waals surface area contributed by atoms with Crippen molar-refractivity contribution in [1.82, 2.24) is 4.90 Å². The van der Waals surface area contributed by atoms with Crippen LogP contribution in [0.1, 0.15) is 32.1 Å². The summed E-state index contributed by atoms with van der Waals surface area (Å²) < 4.78 is 5.63. The molecule has 3 rings (SSSR count). The highest BCUT2D eigenvalue weighted by molar-refractivity contribution is 5.87. The van der Waals surface area contributed by atoms with Crippen molar-refractivity contribution in [2.45, 2.75) is 50.4 Å². The maximum absolute atomic E-state index is 12.6. The summed E-state index contributed by atoms with van der Waals surface area (Å²) in [5.74, 6) is -0.543. The number of ether oxygens (including phenoxy) is 1. The van der Waals surface area contributed by atoms with Crippen LogP contribution in [0.3, 0.4) is 0 Å². The molecule has 1 aliphatic carbocycles. The summed E-state index contributed by atoms with van der Waals surface area (Å²) in [5, 5.41) is 9.47. The Balaban J connectivity index is 1.72. The second-order valence-electron chi connectivity index (χ2n) is 6.19. The number of amides is 1. The molecular formula is C14H22N2O4. The third-order valence-electron chi connectivity index (χ3n) is 5.07. The van der Waals surface area contributed by atoms with Gasteiger partial charge in [0.05, 0.1) is 6.10 Å². The molecule has 5 unspecified atom stereocenters. The molecule has 0 bridgehead atoms. The largest absolute Gasteiger partial charge is 0.480 e. The molecule has 5 atom stereocenters. The Morgan fingerprint density at radius 1 is 1.25 bits per heavy atom. The van der Waals surface area contributed by atoms with E-state index in [1.807, 2.05) is 0 Å². The van der Waals surface area contributed by atoms with Crippen molar-refractivity contribution in [1.29, 1.82) is 0 Å². The molecule has 112 valence electrons. The predicted octanol–water partition coefficient (Wildman–Crippen LogP) is 0.204. The van der Waals surface area contributed by atoms with Gasteiger partial charge in [0.2, 0.25) is 0 Å². The second kappa shape index (κ2) is 5.33. The van der Waals surface area contributed by atoms with Gasteiger partial charge < -0.3 is 20.5 Å². The van der Waals surface area contributed by atoms with E-state index in [2.05, 4.69) is 0 Å². The summed E-state index contributed by atoms with van der Waals surface area (Å²) in [6.45, 7) is 0.991. The molecule has 20 heavy (non-hydrogen) atoms. The lowest BCUT2D eigenvalue weighted by Gasteiger charge is -2.27. The number of aliphatic carboxylic acids is 1. The van der Waals surface area contributed by atoms with Crippen LogP contribution >= 0.6 is 0 Å². The average molecular weight is 282 g/mol. The zero-order valence-corrected chi connectivity index (χ0v) is 11.5. The highest BCUT2D eigenvalue weighted by atomic mass is 16.5. The monoisotopic (exact) mass is 282 g/mol.